The molecule has 0 aliphatic rings. The molecule has 0 atom stereocenters. The first kappa shape index (κ1) is 21.1. The van der Waals surface area contributed by atoms with Crippen molar-refractivity contribution in [1.29, 1.82) is 0 Å². The fraction of sp³-hybridized carbons (Fsp3) is 0.0870. The van der Waals surface area contributed by atoms with Gasteiger partial charge in [-0.3, -0.25) is 10.1 Å². The normalized spacial score (nSPS) is 10.6. The van der Waals surface area contributed by atoms with Gasteiger partial charge in [-0.15, -0.1) is 0 Å². The minimum Gasteiger partial charge on any atom is -0.507 e. The standard InChI is InChI=1S/C23H19N3O5S/c1-29-18-8-5-9-19(30-2)20(18)21(28)26-23(32)24-13-10-11-16(27)14(12-13)22-25-15-6-3-4-7-17(15)31-22/h3-12,27H,1-2H3,(H2,24,26,28,32). The maximum absolute atomic E-state index is 12.8. The largest absolute Gasteiger partial charge is 0.507 e. The summed E-state index contributed by atoms with van der Waals surface area (Å²) in [6.45, 7) is 0. The van der Waals surface area contributed by atoms with Crippen LogP contribution >= 0.6 is 12.2 Å². The van der Waals surface area contributed by atoms with Gasteiger partial charge in [0.15, 0.2) is 10.7 Å². The number of phenolic OH excluding ortho intramolecular Hbond substituents is 1. The predicted octanol–water partition coefficient (Wildman–Crippen LogP) is 4.34. The zero-order chi connectivity index (χ0) is 22.7. The van der Waals surface area contributed by atoms with Gasteiger partial charge in [0.1, 0.15) is 28.3 Å². The van der Waals surface area contributed by atoms with Crippen molar-refractivity contribution in [3.05, 3.63) is 66.2 Å². The Labute approximate surface area is 188 Å². The lowest BCUT2D eigenvalue weighted by Crippen LogP contribution is -2.34. The van der Waals surface area contributed by atoms with Gasteiger partial charge in [-0.1, -0.05) is 18.2 Å². The highest BCUT2D eigenvalue weighted by atomic mass is 32.1. The van der Waals surface area contributed by atoms with E-state index in [2.05, 4.69) is 15.6 Å². The second-order valence-corrected chi connectivity index (χ2v) is 7.07. The molecule has 4 aromatic rings. The number of aromatic hydroxyl groups is 1. The molecule has 1 heterocycles. The second-order valence-electron chi connectivity index (χ2n) is 6.66. The molecular weight excluding hydrogens is 430 g/mol. The summed E-state index contributed by atoms with van der Waals surface area (Å²) in [6.07, 6.45) is 0. The summed E-state index contributed by atoms with van der Waals surface area (Å²) in [4.78, 5) is 17.2. The monoisotopic (exact) mass is 449 g/mol. The first-order valence-corrected chi connectivity index (χ1v) is 9.93. The number of aromatic nitrogens is 1. The number of thiocarbonyl (C=S) groups is 1. The lowest BCUT2D eigenvalue weighted by atomic mass is 10.1. The summed E-state index contributed by atoms with van der Waals surface area (Å²) in [5, 5.41) is 15.9. The van der Waals surface area contributed by atoms with Crippen LogP contribution in [-0.4, -0.2) is 35.3 Å². The van der Waals surface area contributed by atoms with Gasteiger partial charge in [0.05, 0.1) is 19.8 Å². The van der Waals surface area contributed by atoms with E-state index in [4.69, 9.17) is 26.1 Å². The Morgan fingerprint density at radius 2 is 1.75 bits per heavy atom. The number of para-hydroxylation sites is 2. The molecule has 0 bridgehead atoms. The van der Waals surface area contributed by atoms with Crippen LogP contribution in [0.5, 0.6) is 17.2 Å². The van der Waals surface area contributed by atoms with Gasteiger partial charge in [-0.25, -0.2) is 4.98 Å². The van der Waals surface area contributed by atoms with Gasteiger partial charge >= 0.3 is 0 Å². The molecule has 0 saturated carbocycles. The fourth-order valence-electron chi connectivity index (χ4n) is 3.18. The second kappa shape index (κ2) is 8.94. The third kappa shape index (κ3) is 4.19. The maximum atomic E-state index is 12.8. The Kier molecular flexibility index (Phi) is 5.91. The molecular formula is C23H19N3O5S. The molecule has 0 aliphatic heterocycles. The molecule has 0 saturated heterocycles. The van der Waals surface area contributed by atoms with E-state index in [-0.39, 0.29) is 22.3 Å². The average molecular weight is 449 g/mol. The number of ether oxygens (including phenoxy) is 2. The van der Waals surface area contributed by atoms with E-state index in [1.54, 1.807) is 36.4 Å². The highest BCUT2D eigenvalue weighted by Gasteiger charge is 2.19. The van der Waals surface area contributed by atoms with Crippen LogP contribution in [-0.2, 0) is 0 Å². The third-order valence-corrected chi connectivity index (χ3v) is 4.86. The van der Waals surface area contributed by atoms with E-state index in [1.165, 1.54) is 20.3 Å². The first-order valence-electron chi connectivity index (χ1n) is 9.52. The van der Waals surface area contributed by atoms with Crippen molar-refractivity contribution in [2.24, 2.45) is 0 Å². The van der Waals surface area contributed by atoms with E-state index in [0.717, 1.165) is 0 Å². The lowest BCUT2D eigenvalue weighted by molar-refractivity contribution is 0.0971. The highest BCUT2D eigenvalue weighted by Crippen LogP contribution is 2.33. The maximum Gasteiger partial charge on any atom is 0.264 e. The molecule has 32 heavy (non-hydrogen) atoms. The number of carbonyl (C=O) groups excluding carboxylic acids is 1. The summed E-state index contributed by atoms with van der Waals surface area (Å²) in [7, 11) is 2.93. The summed E-state index contributed by atoms with van der Waals surface area (Å²) in [5.74, 6) is 0.478. The molecule has 0 aliphatic carbocycles. The number of benzene rings is 3. The van der Waals surface area contributed by atoms with Gasteiger partial charge in [0.2, 0.25) is 5.89 Å². The molecule has 1 aromatic heterocycles. The Hall–Kier alpha value is -4.11. The number of amides is 1. The highest BCUT2D eigenvalue weighted by molar-refractivity contribution is 7.80. The number of anilines is 1. The van der Waals surface area contributed by atoms with Crippen LogP contribution in [0.3, 0.4) is 0 Å². The van der Waals surface area contributed by atoms with Crippen molar-refractivity contribution in [2.45, 2.75) is 0 Å². The van der Waals surface area contributed by atoms with E-state index in [0.29, 0.717) is 33.8 Å². The minimum atomic E-state index is -0.491. The number of carbonyl (C=O) groups is 1. The van der Waals surface area contributed by atoms with Crippen molar-refractivity contribution < 1.29 is 23.8 Å². The Morgan fingerprint density at radius 3 is 2.44 bits per heavy atom. The van der Waals surface area contributed by atoms with Gasteiger partial charge in [0.25, 0.3) is 5.91 Å². The SMILES string of the molecule is COc1cccc(OC)c1C(=O)NC(=S)Nc1ccc(O)c(-c2nc3ccccc3o2)c1. The van der Waals surface area contributed by atoms with E-state index in [1.807, 2.05) is 18.2 Å². The Morgan fingerprint density at radius 1 is 1.03 bits per heavy atom. The molecule has 1 amide bonds. The number of hydrogen-bond donors (Lipinski definition) is 3. The van der Waals surface area contributed by atoms with Crippen molar-refractivity contribution in [3.8, 4) is 28.7 Å². The Bertz CT molecular complexity index is 1260. The first-order chi connectivity index (χ1) is 15.5. The zero-order valence-electron chi connectivity index (χ0n) is 17.2. The summed E-state index contributed by atoms with van der Waals surface area (Å²) in [5.41, 5.74) is 2.41. The van der Waals surface area contributed by atoms with Crippen LogP contribution < -0.4 is 20.1 Å². The van der Waals surface area contributed by atoms with Crippen LogP contribution in [0.25, 0.3) is 22.6 Å². The predicted molar refractivity (Wildman–Crippen MR) is 124 cm³/mol. The fourth-order valence-corrected chi connectivity index (χ4v) is 3.39. The Balaban J connectivity index is 1.54. The van der Waals surface area contributed by atoms with Crippen molar-refractivity contribution >= 4 is 40.0 Å². The number of rotatable bonds is 5. The molecule has 9 heteroatoms. The molecule has 3 aromatic carbocycles. The van der Waals surface area contributed by atoms with Crippen LogP contribution in [0.4, 0.5) is 5.69 Å². The van der Waals surface area contributed by atoms with Crippen molar-refractivity contribution in [1.82, 2.24) is 10.3 Å². The summed E-state index contributed by atoms with van der Waals surface area (Å²) in [6, 6.07) is 17.1. The van der Waals surface area contributed by atoms with Crippen LogP contribution in [0, 0.1) is 0 Å². The quantitative estimate of drug-likeness (QED) is 0.305. The van der Waals surface area contributed by atoms with Crippen molar-refractivity contribution in [2.75, 3.05) is 19.5 Å². The number of phenols is 1. The number of hydrogen-bond acceptors (Lipinski definition) is 7. The smallest absolute Gasteiger partial charge is 0.264 e. The van der Waals surface area contributed by atoms with Gasteiger partial charge < -0.3 is 24.3 Å². The van der Waals surface area contributed by atoms with E-state index in [9.17, 15) is 9.90 Å². The number of oxazole rings is 1. The van der Waals surface area contributed by atoms with E-state index < -0.39 is 5.91 Å². The van der Waals surface area contributed by atoms with Crippen LogP contribution in [0.1, 0.15) is 10.4 Å². The molecule has 3 N–H and O–H groups in total. The third-order valence-electron chi connectivity index (χ3n) is 4.66. The molecule has 0 fully saturated rings. The number of fused-ring (bicyclic) bond motifs is 1. The zero-order valence-corrected chi connectivity index (χ0v) is 18.0. The molecule has 0 unspecified atom stereocenters. The number of nitrogens with one attached hydrogen (secondary N) is 2. The van der Waals surface area contributed by atoms with Gasteiger partial charge in [0, 0.05) is 5.69 Å². The van der Waals surface area contributed by atoms with Gasteiger partial charge in [-0.2, -0.15) is 0 Å². The topological polar surface area (TPSA) is 106 Å². The molecule has 8 nitrogen and oxygen atoms in total. The van der Waals surface area contributed by atoms with Crippen molar-refractivity contribution in [3.63, 3.8) is 0 Å². The summed E-state index contributed by atoms with van der Waals surface area (Å²) < 4.78 is 16.3. The molecule has 162 valence electrons. The van der Waals surface area contributed by atoms with Crippen LogP contribution in [0.15, 0.2) is 65.1 Å². The summed E-state index contributed by atoms with van der Waals surface area (Å²) >= 11 is 5.29. The average Bonchev–Trinajstić information content (AvgIpc) is 3.23. The van der Waals surface area contributed by atoms with Gasteiger partial charge in [-0.05, 0) is 54.7 Å². The van der Waals surface area contributed by atoms with E-state index >= 15 is 0 Å². The molecule has 0 spiro atoms. The molecule has 0 radical (unpaired) electrons. The minimum absolute atomic E-state index is 0.00387. The molecule has 4 rings (SSSR count). The lowest BCUT2D eigenvalue weighted by Gasteiger charge is -2.14. The van der Waals surface area contributed by atoms with Crippen LogP contribution in [0.2, 0.25) is 0 Å². The number of nitrogens with zero attached hydrogens (tertiary/aromatic N) is 1. The number of methoxy groups -OCH3 is 2.